The second-order valence-electron chi connectivity index (χ2n) is 4.69. The maximum atomic E-state index is 11.2. The average Bonchev–Trinajstić information content (AvgIpc) is 2.79. The van der Waals surface area contributed by atoms with E-state index in [1.165, 1.54) is 6.07 Å². The fourth-order valence-corrected chi connectivity index (χ4v) is 3.27. The van der Waals surface area contributed by atoms with Crippen LogP contribution in [0.15, 0.2) is 18.2 Å². The number of nitrogens with zero attached hydrogens (tertiary/aromatic N) is 3. The van der Waals surface area contributed by atoms with E-state index in [-0.39, 0.29) is 5.56 Å². The molecule has 1 aromatic carbocycles. The highest BCUT2D eigenvalue weighted by molar-refractivity contribution is 8.13. The number of benzene rings is 1. The lowest BCUT2D eigenvalue weighted by molar-refractivity contribution is 0.0697. The predicted octanol–water partition coefficient (Wildman–Crippen LogP) is 1.80. The summed E-state index contributed by atoms with van der Waals surface area (Å²) < 4.78 is 0. The number of aromatic nitrogens is 4. The van der Waals surface area contributed by atoms with Gasteiger partial charge < -0.3 is 5.11 Å². The molecule has 0 aliphatic rings. The van der Waals surface area contributed by atoms with Crippen molar-refractivity contribution in [3.05, 3.63) is 29.3 Å². The van der Waals surface area contributed by atoms with E-state index in [0.29, 0.717) is 17.5 Å². The highest BCUT2D eigenvalue weighted by atomic mass is 32.4. The molecule has 0 atom stereocenters. The Morgan fingerprint density at radius 2 is 2.16 bits per heavy atom. The van der Waals surface area contributed by atoms with E-state index >= 15 is 0 Å². The number of hydrogen-bond donors (Lipinski definition) is 2. The fourth-order valence-electron chi connectivity index (χ4n) is 1.76. The number of carboxylic acid groups (broad SMARTS) is 1. The minimum absolute atomic E-state index is 0.209. The first-order valence-corrected chi connectivity index (χ1v) is 9.38. The Hall–Kier alpha value is -1.59. The molecule has 0 aliphatic heterocycles. The van der Waals surface area contributed by atoms with Crippen molar-refractivity contribution in [3.8, 4) is 11.4 Å². The summed E-state index contributed by atoms with van der Waals surface area (Å²) in [5, 5.41) is 22.7. The highest BCUT2D eigenvalue weighted by Crippen LogP contribution is 2.41. The zero-order chi connectivity index (χ0) is 14.0. The van der Waals surface area contributed by atoms with Crippen molar-refractivity contribution in [1.29, 1.82) is 0 Å². The van der Waals surface area contributed by atoms with Gasteiger partial charge in [-0.1, -0.05) is 11.8 Å². The van der Waals surface area contributed by atoms with Gasteiger partial charge in [-0.05, 0) is 48.3 Å². The molecule has 100 valence electrons. The maximum Gasteiger partial charge on any atom is 0.335 e. The fraction of sp³-hybridized carbons (Fsp3) is 0.273. The van der Waals surface area contributed by atoms with Gasteiger partial charge in [0.1, 0.15) is 0 Å². The monoisotopic (exact) mass is 296 g/mol. The molecule has 0 saturated carbocycles. The van der Waals surface area contributed by atoms with Crippen LogP contribution in [-0.4, -0.2) is 45.0 Å². The van der Waals surface area contributed by atoms with Crippen LogP contribution >= 0.6 is 6.04 Å². The summed E-state index contributed by atoms with van der Waals surface area (Å²) in [5.41, 5.74) is 1.74. The molecule has 2 N–H and O–H groups in total. The Kier molecular flexibility index (Phi) is 3.78. The number of carboxylic acids is 1. The lowest BCUT2D eigenvalue weighted by atomic mass is 10.1. The number of aromatic carboxylic acids is 1. The van der Waals surface area contributed by atoms with Gasteiger partial charge in [-0.15, -0.1) is 10.2 Å². The van der Waals surface area contributed by atoms with Gasteiger partial charge in [0.2, 0.25) is 5.82 Å². The summed E-state index contributed by atoms with van der Waals surface area (Å²) in [7, 11) is 0. The molecule has 1 heterocycles. The summed E-state index contributed by atoms with van der Waals surface area (Å²) in [6.45, 7) is 4.06. The molecule has 0 amide bonds. The lowest BCUT2D eigenvalue weighted by Crippen LogP contribution is -1.99. The molecule has 2 aromatic rings. The van der Waals surface area contributed by atoms with E-state index in [4.69, 9.17) is 16.9 Å². The van der Waals surface area contributed by atoms with Crippen molar-refractivity contribution in [1.82, 2.24) is 20.6 Å². The molecule has 0 fully saturated rings. The van der Waals surface area contributed by atoms with E-state index < -0.39 is 12.0 Å². The van der Waals surface area contributed by atoms with Crippen molar-refractivity contribution >= 4 is 23.8 Å². The van der Waals surface area contributed by atoms with Crippen molar-refractivity contribution in [3.63, 3.8) is 0 Å². The third-order valence-electron chi connectivity index (χ3n) is 2.41. The average molecular weight is 296 g/mol. The molecule has 0 saturated heterocycles. The first-order valence-electron chi connectivity index (χ1n) is 5.50. The summed E-state index contributed by atoms with van der Waals surface area (Å²) >= 11 is 5.43. The van der Waals surface area contributed by atoms with Gasteiger partial charge in [0.05, 0.1) is 5.56 Å². The molecule has 6 nitrogen and oxygen atoms in total. The second kappa shape index (κ2) is 5.19. The molecule has 0 unspecified atom stereocenters. The molecule has 0 aliphatic carbocycles. The van der Waals surface area contributed by atoms with E-state index in [1.54, 1.807) is 6.07 Å². The third-order valence-corrected chi connectivity index (χ3v) is 3.92. The Morgan fingerprint density at radius 1 is 1.42 bits per heavy atom. The summed E-state index contributed by atoms with van der Waals surface area (Å²) in [6, 6.07) is 3.59. The molecule has 0 spiro atoms. The van der Waals surface area contributed by atoms with Gasteiger partial charge in [0.15, 0.2) is 0 Å². The van der Waals surface area contributed by atoms with Crippen molar-refractivity contribution in [2.24, 2.45) is 0 Å². The van der Waals surface area contributed by atoms with Crippen molar-refractivity contribution in [2.45, 2.75) is 6.16 Å². The molecule has 2 rings (SSSR count). The van der Waals surface area contributed by atoms with E-state index in [2.05, 4.69) is 20.6 Å². The summed E-state index contributed by atoms with van der Waals surface area (Å²) in [5.74, 6) is -0.600. The number of rotatable bonds is 4. The van der Waals surface area contributed by atoms with Crippen LogP contribution in [0.5, 0.6) is 0 Å². The second-order valence-corrected chi connectivity index (χ2v) is 11.1. The molecular weight excluding hydrogens is 283 g/mol. The van der Waals surface area contributed by atoms with Crippen LogP contribution in [0.2, 0.25) is 0 Å². The summed E-state index contributed by atoms with van der Waals surface area (Å²) in [6.07, 6.45) is 0.703. The molecule has 19 heavy (non-hydrogen) atoms. The lowest BCUT2D eigenvalue weighted by Gasteiger charge is -2.11. The van der Waals surface area contributed by atoms with Gasteiger partial charge in [-0.2, -0.15) is 5.21 Å². The minimum Gasteiger partial charge on any atom is -0.478 e. The normalized spacial score (nSPS) is 11.5. The van der Waals surface area contributed by atoms with Crippen LogP contribution in [0, 0.1) is 0 Å². The number of aromatic amines is 1. The van der Waals surface area contributed by atoms with Crippen LogP contribution in [-0.2, 0) is 18.0 Å². The van der Waals surface area contributed by atoms with E-state index in [1.807, 2.05) is 19.4 Å². The smallest absolute Gasteiger partial charge is 0.335 e. The molecule has 0 bridgehead atoms. The molecule has 0 radical (unpaired) electrons. The largest absolute Gasteiger partial charge is 0.478 e. The Balaban J connectivity index is 2.50. The van der Waals surface area contributed by atoms with Crippen LogP contribution in [0.4, 0.5) is 0 Å². The van der Waals surface area contributed by atoms with Crippen LogP contribution in [0.3, 0.4) is 0 Å². The first-order chi connectivity index (χ1) is 8.85. The number of hydrogen-bond acceptors (Lipinski definition) is 5. The Bertz CT molecular complexity index is 651. The van der Waals surface area contributed by atoms with Crippen LogP contribution in [0.25, 0.3) is 11.4 Å². The Labute approximate surface area is 115 Å². The number of nitrogens with one attached hydrogen (secondary N) is 1. The number of carbonyl (C=O) groups is 1. The van der Waals surface area contributed by atoms with Gasteiger partial charge in [0.25, 0.3) is 0 Å². The van der Waals surface area contributed by atoms with E-state index in [9.17, 15) is 4.79 Å². The van der Waals surface area contributed by atoms with Crippen molar-refractivity contribution in [2.75, 3.05) is 13.3 Å². The van der Waals surface area contributed by atoms with Gasteiger partial charge in [0, 0.05) is 11.7 Å². The minimum atomic E-state index is -1.46. The van der Waals surface area contributed by atoms with Crippen LogP contribution in [0.1, 0.15) is 15.9 Å². The number of tetrazole rings is 1. The van der Waals surface area contributed by atoms with Gasteiger partial charge in [-0.3, -0.25) is 0 Å². The van der Waals surface area contributed by atoms with Gasteiger partial charge >= 0.3 is 5.97 Å². The quantitative estimate of drug-likeness (QED) is 0.836. The Morgan fingerprint density at radius 3 is 2.68 bits per heavy atom. The number of H-pyrrole nitrogens is 1. The van der Waals surface area contributed by atoms with E-state index in [0.717, 1.165) is 5.56 Å². The molecule has 8 heteroatoms. The maximum absolute atomic E-state index is 11.2. The molecule has 1 aromatic heterocycles. The SMILES string of the molecule is CP(C)(=S)Cc1cc(C(=O)O)cc(-c2nn[nH]n2)c1. The highest BCUT2D eigenvalue weighted by Gasteiger charge is 2.13. The first kappa shape index (κ1) is 13.8. The summed E-state index contributed by atoms with van der Waals surface area (Å²) in [4.78, 5) is 11.2. The topological polar surface area (TPSA) is 91.8 Å². The standard InChI is InChI=1S/C11H13N4O2PS/c1-18(2,19)6-7-3-8(10-12-14-15-13-10)5-9(4-7)11(16)17/h3-5H,6H2,1-2H3,(H,16,17)(H,12,13,14,15). The zero-order valence-corrected chi connectivity index (χ0v) is 12.2. The third kappa shape index (κ3) is 3.68. The van der Waals surface area contributed by atoms with Crippen LogP contribution < -0.4 is 0 Å². The molecular formula is C11H13N4O2PS. The zero-order valence-electron chi connectivity index (χ0n) is 10.5. The van der Waals surface area contributed by atoms with Gasteiger partial charge in [-0.25, -0.2) is 4.79 Å². The predicted molar refractivity (Wildman–Crippen MR) is 76.4 cm³/mol. The van der Waals surface area contributed by atoms with Crippen molar-refractivity contribution < 1.29 is 9.90 Å².